The fourth-order valence-electron chi connectivity index (χ4n) is 2.69. The minimum Gasteiger partial charge on any atom is -0.497 e. The van der Waals surface area contributed by atoms with Crippen LogP contribution in [-0.2, 0) is 11.3 Å². The van der Waals surface area contributed by atoms with Gasteiger partial charge in [0.05, 0.1) is 7.11 Å². The highest BCUT2D eigenvalue weighted by molar-refractivity contribution is 5.82. The van der Waals surface area contributed by atoms with Gasteiger partial charge >= 0.3 is 0 Å². The van der Waals surface area contributed by atoms with E-state index in [9.17, 15) is 4.79 Å². The van der Waals surface area contributed by atoms with Crippen LogP contribution in [0.2, 0.25) is 0 Å². The van der Waals surface area contributed by atoms with Crippen molar-refractivity contribution in [1.29, 1.82) is 0 Å². The lowest BCUT2D eigenvalue weighted by Crippen LogP contribution is -2.42. The fraction of sp³-hybridized carbons (Fsp3) is 0.278. The van der Waals surface area contributed by atoms with Gasteiger partial charge in [-0.25, -0.2) is 10.9 Å². The van der Waals surface area contributed by atoms with E-state index in [1.165, 1.54) is 0 Å². The third-order valence-electron chi connectivity index (χ3n) is 4.05. The van der Waals surface area contributed by atoms with Gasteiger partial charge in [-0.1, -0.05) is 42.5 Å². The minimum absolute atomic E-state index is 0.0114. The van der Waals surface area contributed by atoms with Crippen molar-refractivity contribution >= 4 is 5.91 Å². The number of carbonyl (C=O) groups is 1. The quantitative estimate of drug-likeness (QED) is 0.789. The van der Waals surface area contributed by atoms with E-state index in [0.717, 1.165) is 16.9 Å². The first kappa shape index (κ1) is 15.5. The SMILES string of the molecule is COc1ccc(C2CC(C(=O)NCc3ccccc3)NN2)cc1. The highest BCUT2D eigenvalue weighted by atomic mass is 16.5. The third-order valence-corrected chi connectivity index (χ3v) is 4.05. The maximum atomic E-state index is 12.3. The second kappa shape index (κ2) is 7.26. The zero-order valence-electron chi connectivity index (χ0n) is 13.1. The molecule has 5 nitrogen and oxygen atoms in total. The van der Waals surface area contributed by atoms with Gasteiger partial charge in [0, 0.05) is 12.6 Å². The highest BCUT2D eigenvalue weighted by Gasteiger charge is 2.29. The number of methoxy groups -OCH3 is 1. The monoisotopic (exact) mass is 311 g/mol. The first-order valence-electron chi connectivity index (χ1n) is 7.73. The summed E-state index contributed by atoms with van der Waals surface area (Å²) < 4.78 is 5.17. The van der Waals surface area contributed by atoms with E-state index in [4.69, 9.17) is 4.74 Å². The van der Waals surface area contributed by atoms with Gasteiger partial charge < -0.3 is 10.1 Å². The van der Waals surface area contributed by atoms with E-state index in [-0.39, 0.29) is 18.0 Å². The average molecular weight is 311 g/mol. The number of hydrazine groups is 1. The molecule has 1 aliphatic rings. The van der Waals surface area contributed by atoms with Crippen LogP contribution in [-0.4, -0.2) is 19.1 Å². The first-order chi connectivity index (χ1) is 11.3. The Hall–Kier alpha value is -2.37. The molecule has 1 amide bonds. The smallest absolute Gasteiger partial charge is 0.238 e. The van der Waals surface area contributed by atoms with Crippen LogP contribution in [0.1, 0.15) is 23.6 Å². The maximum absolute atomic E-state index is 12.3. The van der Waals surface area contributed by atoms with Crippen molar-refractivity contribution in [3.8, 4) is 5.75 Å². The van der Waals surface area contributed by atoms with Gasteiger partial charge in [0.2, 0.25) is 5.91 Å². The standard InChI is InChI=1S/C18H21N3O2/c1-23-15-9-7-14(8-10-15)16-11-17(21-20-16)18(22)19-12-13-5-3-2-4-6-13/h2-10,16-17,20-21H,11-12H2,1H3,(H,19,22). The van der Waals surface area contributed by atoms with Crippen LogP contribution in [0.5, 0.6) is 5.75 Å². The molecule has 1 heterocycles. The van der Waals surface area contributed by atoms with E-state index in [2.05, 4.69) is 16.2 Å². The van der Waals surface area contributed by atoms with E-state index >= 15 is 0 Å². The summed E-state index contributed by atoms with van der Waals surface area (Å²) >= 11 is 0. The van der Waals surface area contributed by atoms with Gasteiger partial charge in [0.25, 0.3) is 0 Å². The van der Waals surface area contributed by atoms with Crippen molar-refractivity contribution in [3.63, 3.8) is 0 Å². The van der Waals surface area contributed by atoms with Gasteiger partial charge in [0.15, 0.2) is 0 Å². The van der Waals surface area contributed by atoms with Crippen molar-refractivity contribution in [2.24, 2.45) is 0 Å². The molecule has 0 radical (unpaired) electrons. The Morgan fingerprint density at radius 1 is 1.13 bits per heavy atom. The molecule has 120 valence electrons. The Morgan fingerprint density at radius 2 is 1.87 bits per heavy atom. The van der Waals surface area contributed by atoms with Gasteiger partial charge in [0.1, 0.15) is 11.8 Å². The molecule has 3 N–H and O–H groups in total. The highest BCUT2D eigenvalue weighted by Crippen LogP contribution is 2.24. The van der Waals surface area contributed by atoms with Crippen molar-refractivity contribution < 1.29 is 9.53 Å². The molecule has 3 rings (SSSR count). The van der Waals surface area contributed by atoms with Gasteiger partial charge in [-0.15, -0.1) is 0 Å². The van der Waals surface area contributed by atoms with E-state index < -0.39 is 0 Å². The number of nitrogens with one attached hydrogen (secondary N) is 3. The lowest BCUT2D eigenvalue weighted by molar-refractivity contribution is -0.123. The van der Waals surface area contributed by atoms with Crippen molar-refractivity contribution in [2.75, 3.05) is 7.11 Å². The summed E-state index contributed by atoms with van der Waals surface area (Å²) in [5.74, 6) is 0.842. The lowest BCUT2D eigenvalue weighted by atomic mass is 10.0. The normalized spacial score (nSPS) is 20.2. The Labute approximate surface area is 136 Å². The van der Waals surface area contributed by atoms with Crippen molar-refractivity contribution in [2.45, 2.75) is 25.0 Å². The van der Waals surface area contributed by atoms with Crippen LogP contribution < -0.4 is 20.9 Å². The zero-order chi connectivity index (χ0) is 16.1. The first-order valence-corrected chi connectivity index (χ1v) is 7.73. The average Bonchev–Trinajstić information content (AvgIpc) is 3.11. The summed E-state index contributed by atoms with van der Waals surface area (Å²) in [7, 11) is 1.65. The number of amides is 1. The molecular formula is C18H21N3O2. The molecule has 2 aromatic carbocycles. The van der Waals surface area contributed by atoms with Gasteiger partial charge in [-0.2, -0.15) is 0 Å². The number of hydrogen-bond acceptors (Lipinski definition) is 4. The molecule has 0 bridgehead atoms. The summed E-state index contributed by atoms with van der Waals surface area (Å²) in [6, 6.07) is 17.7. The number of rotatable bonds is 5. The Morgan fingerprint density at radius 3 is 2.57 bits per heavy atom. The number of hydrogen-bond donors (Lipinski definition) is 3. The molecule has 2 unspecified atom stereocenters. The van der Waals surface area contributed by atoms with Crippen molar-refractivity contribution in [1.82, 2.24) is 16.2 Å². The molecule has 23 heavy (non-hydrogen) atoms. The predicted octanol–water partition coefficient (Wildman–Crippen LogP) is 1.92. The molecule has 5 heteroatoms. The van der Waals surface area contributed by atoms with Gasteiger partial charge in [-0.05, 0) is 29.7 Å². The summed E-state index contributed by atoms with van der Waals surface area (Å²) in [6.45, 7) is 0.547. The number of ether oxygens (including phenoxy) is 1. The molecule has 0 aromatic heterocycles. The molecule has 1 fully saturated rings. The van der Waals surface area contributed by atoms with E-state index in [0.29, 0.717) is 13.0 Å². The van der Waals surface area contributed by atoms with Crippen LogP contribution in [0.3, 0.4) is 0 Å². The second-order valence-electron chi connectivity index (χ2n) is 5.61. The second-order valence-corrected chi connectivity index (χ2v) is 5.61. The largest absolute Gasteiger partial charge is 0.497 e. The summed E-state index contributed by atoms with van der Waals surface area (Å²) in [5, 5.41) is 2.97. The fourth-order valence-corrected chi connectivity index (χ4v) is 2.69. The predicted molar refractivity (Wildman–Crippen MR) is 88.7 cm³/mol. The molecule has 2 atom stereocenters. The lowest BCUT2D eigenvalue weighted by Gasteiger charge is -2.11. The Kier molecular flexibility index (Phi) is 4.90. The van der Waals surface area contributed by atoms with Crippen molar-refractivity contribution in [3.05, 3.63) is 65.7 Å². The molecule has 0 saturated carbocycles. The van der Waals surface area contributed by atoms with Crippen LogP contribution in [0, 0.1) is 0 Å². The molecule has 2 aromatic rings. The van der Waals surface area contributed by atoms with Crippen LogP contribution in [0.4, 0.5) is 0 Å². The minimum atomic E-state index is -0.231. The molecule has 0 spiro atoms. The molecule has 1 aliphatic heterocycles. The van der Waals surface area contributed by atoms with Crippen LogP contribution in [0.15, 0.2) is 54.6 Å². The molecular weight excluding hydrogens is 290 g/mol. The number of carbonyl (C=O) groups excluding carboxylic acids is 1. The topological polar surface area (TPSA) is 62.4 Å². The maximum Gasteiger partial charge on any atom is 0.238 e. The Bertz CT molecular complexity index is 643. The summed E-state index contributed by atoms with van der Waals surface area (Å²) in [5.41, 5.74) is 8.50. The summed E-state index contributed by atoms with van der Waals surface area (Å²) in [4.78, 5) is 12.3. The molecule has 1 saturated heterocycles. The van der Waals surface area contributed by atoms with E-state index in [1.807, 2.05) is 54.6 Å². The summed E-state index contributed by atoms with van der Waals surface area (Å²) in [6.07, 6.45) is 0.715. The molecule has 0 aliphatic carbocycles. The Balaban J connectivity index is 1.53. The van der Waals surface area contributed by atoms with Crippen LogP contribution >= 0.6 is 0 Å². The van der Waals surface area contributed by atoms with Crippen LogP contribution in [0.25, 0.3) is 0 Å². The van der Waals surface area contributed by atoms with Gasteiger partial charge in [-0.3, -0.25) is 4.79 Å². The zero-order valence-corrected chi connectivity index (χ0v) is 13.1. The third kappa shape index (κ3) is 3.88. The van der Waals surface area contributed by atoms with E-state index in [1.54, 1.807) is 7.11 Å². The number of benzene rings is 2.